The summed E-state index contributed by atoms with van der Waals surface area (Å²) in [5, 5.41) is 1.26. The summed E-state index contributed by atoms with van der Waals surface area (Å²) < 4.78 is 5.96. The van der Waals surface area contributed by atoms with Gasteiger partial charge >= 0.3 is 0 Å². The molecule has 3 saturated carbocycles. The van der Waals surface area contributed by atoms with Crippen molar-refractivity contribution in [3.8, 4) is 0 Å². The lowest BCUT2D eigenvalue weighted by Crippen LogP contribution is -2.46. The lowest BCUT2D eigenvalue weighted by atomic mass is 9.59. The van der Waals surface area contributed by atoms with E-state index in [0.717, 1.165) is 77.1 Å². The second kappa shape index (κ2) is 8.41. The molecule has 7 heteroatoms. The number of nitrogens with zero attached hydrogens (tertiary/aromatic N) is 4. The fraction of sp³-hybridized carbons (Fsp3) is 0.640. The maximum absolute atomic E-state index is 13.0. The number of rotatable bonds is 6. The van der Waals surface area contributed by atoms with Gasteiger partial charge in [-0.2, -0.15) is 4.37 Å². The maximum Gasteiger partial charge on any atom is 0.233 e. The van der Waals surface area contributed by atoms with Crippen molar-refractivity contribution in [2.75, 3.05) is 44.2 Å². The molecule has 0 radical (unpaired) electrons. The third-order valence-electron chi connectivity index (χ3n) is 8.46. The Balaban J connectivity index is 0.974. The van der Waals surface area contributed by atoms with Crippen LogP contribution >= 0.6 is 11.5 Å². The Morgan fingerprint density at radius 2 is 1.47 bits per heavy atom. The number of amides is 2. The van der Waals surface area contributed by atoms with Crippen LogP contribution in [-0.4, -0.2) is 65.3 Å². The van der Waals surface area contributed by atoms with Crippen molar-refractivity contribution in [3.63, 3.8) is 0 Å². The lowest BCUT2D eigenvalue weighted by molar-refractivity contribution is -0.140. The molecule has 2 amide bonds. The first kappa shape index (κ1) is 20.6. The van der Waals surface area contributed by atoms with Crippen LogP contribution in [0, 0.1) is 23.7 Å². The number of fused-ring (bicyclic) bond motifs is 3. The second-order valence-electron chi connectivity index (χ2n) is 10.1. The predicted molar refractivity (Wildman–Crippen MR) is 127 cm³/mol. The van der Waals surface area contributed by atoms with Gasteiger partial charge in [0.2, 0.25) is 11.8 Å². The van der Waals surface area contributed by atoms with Crippen LogP contribution in [0.3, 0.4) is 0 Å². The molecule has 5 fully saturated rings. The largest absolute Gasteiger partial charge is 0.353 e. The van der Waals surface area contributed by atoms with Gasteiger partial charge in [-0.15, -0.1) is 0 Å². The minimum Gasteiger partial charge on any atom is -0.353 e. The average Bonchev–Trinajstić information content (AvgIpc) is 3.39. The molecule has 3 heterocycles. The van der Waals surface area contributed by atoms with Crippen LogP contribution in [0.5, 0.6) is 0 Å². The highest BCUT2D eigenvalue weighted by Crippen LogP contribution is 2.52. The van der Waals surface area contributed by atoms with Crippen molar-refractivity contribution in [2.24, 2.45) is 23.7 Å². The number of hydrogen-bond donors (Lipinski definition) is 0. The van der Waals surface area contributed by atoms with Crippen molar-refractivity contribution >= 4 is 39.3 Å². The Labute approximate surface area is 193 Å². The van der Waals surface area contributed by atoms with E-state index in [1.165, 1.54) is 10.1 Å². The normalized spacial score (nSPS) is 30.5. The molecule has 2 atom stereocenters. The molecule has 170 valence electrons. The molecule has 32 heavy (non-hydrogen) atoms. The van der Waals surface area contributed by atoms with E-state index in [1.807, 2.05) is 0 Å². The first-order valence-electron chi connectivity index (χ1n) is 12.4. The van der Waals surface area contributed by atoms with Crippen LogP contribution < -0.4 is 4.90 Å². The number of aromatic nitrogens is 1. The zero-order chi connectivity index (χ0) is 21.7. The Morgan fingerprint density at radius 3 is 2.16 bits per heavy atom. The summed E-state index contributed by atoms with van der Waals surface area (Å²) in [4.78, 5) is 32.5. The highest BCUT2D eigenvalue weighted by Gasteiger charge is 2.57. The fourth-order valence-electron chi connectivity index (χ4n) is 6.74. The van der Waals surface area contributed by atoms with Crippen molar-refractivity contribution in [3.05, 3.63) is 24.3 Å². The standard InChI is InChI=1S/C25H32N4O2S/c30-24-21-17-7-8-18(10-9-17)22(21)25(31)29(24)12-4-3-11-27-13-15-28(16-14-27)23-19-5-1-2-6-20(19)32-26-23/h1-2,5-6,17-18,21-22H,3-4,7-16H2/t17?,18?,21-,22+. The van der Waals surface area contributed by atoms with E-state index in [9.17, 15) is 9.59 Å². The molecule has 0 spiro atoms. The maximum atomic E-state index is 13.0. The fourth-order valence-corrected chi connectivity index (χ4v) is 7.53. The van der Waals surface area contributed by atoms with Gasteiger partial charge in [-0.1, -0.05) is 12.1 Å². The van der Waals surface area contributed by atoms with E-state index in [0.29, 0.717) is 18.4 Å². The molecule has 0 unspecified atom stereocenters. The molecular formula is C25H32N4O2S. The summed E-state index contributed by atoms with van der Waals surface area (Å²) in [5.74, 6) is 2.41. The van der Waals surface area contributed by atoms with Crippen LogP contribution in [0.1, 0.15) is 38.5 Å². The number of piperazine rings is 1. The Kier molecular flexibility index (Phi) is 5.42. The SMILES string of the molecule is O=C1[C@@H]2C3CCC(CC3)[C@@H]2C(=O)N1CCCCN1CCN(c2nsc3ccccc23)CC1. The number of unbranched alkanes of at least 4 members (excludes halogenated alkanes) is 1. The molecule has 2 bridgehead atoms. The van der Waals surface area contributed by atoms with Crippen LogP contribution in [0.25, 0.3) is 10.1 Å². The van der Waals surface area contributed by atoms with Gasteiger partial charge in [-0.05, 0) is 80.6 Å². The molecule has 3 aliphatic carbocycles. The van der Waals surface area contributed by atoms with Crippen LogP contribution in [-0.2, 0) is 9.59 Å². The molecule has 1 aromatic heterocycles. The van der Waals surface area contributed by atoms with Crippen molar-refractivity contribution in [1.29, 1.82) is 0 Å². The van der Waals surface area contributed by atoms with Gasteiger partial charge in [0.1, 0.15) is 5.82 Å². The van der Waals surface area contributed by atoms with Gasteiger partial charge < -0.3 is 4.90 Å². The predicted octanol–water partition coefficient (Wildman–Crippen LogP) is 3.62. The molecule has 2 aliphatic heterocycles. The molecule has 5 aliphatic rings. The summed E-state index contributed by atoms with van der Waals surface area (Å²) in [7, 11) is 0. The van der Waals surface area contributed by atoms with E-state index in [2.05, 4.69) is 34.1 Å². The number of hydrogen-bond acceptors (Lipinski definition) is 6. The number of likely N-dealkylation sites (tertiary alicyclic amines) is 1. The third-order valence-corrected chi connectivity index (χ3v) is 9.27. The lowest BCUT2D eigenvalue weighted by Gasteiger charge is -2.42. The Bertz CT molecular complexity index is 976. The third kappa shape index (κ3) is 3.45. The molecule has 1 aromatic carbocycles. The summed E-state index contributed by atoms with van der Waals surface area (Å²) in [5.41, 5.74) is 0. The number of anilines is 1. The number of carbonyl (C=O) groups excluding carboxylic acids is 2. The summed E-state index contributed by atoms with van der Waals surface area (Å²) >= 11 is 1.58. The summed E-state index contributed by atoms with van der Waals surface area (Å²) in [6.45, 7) is 5.75. The van der Waals surface area contributed by atoms with Gasteiger partial charge in [0.25, 0.3) is 0 Å². The van der Waals surface area contributed by atoms with Gasteiger partial charge in [0, 0.05) is 38.1 Å². The number of benzene rings is 1. The minimum atomic E-state index is 0.0184. The van der Waals surface area contributed by atoms with Crippen molar-refractivity contribution in [2.45, 2.75) is 38.5 Å². The van der Waals surface area contributed by atoms with Crippen molar-refractivity contribution in [1.82, 2.24) is 14.2 Å². The van der Waals surface area contributed by atoms with Gasteiger partial charge in [-0.3, -0.25) is 19.4 Å². The molecule has 2 saturated heterocycles. The molecule has 7 rings (SSSR count). The Morgan fingerprint density at radius 1 is 0.844 bits per heavy atom. The first-order chi connectivity index (χ1) is 15.7. The van der Waals surface area contributed by atoms with Gasteiger partial charge in [0.05, 0.1) is 16.5 Å². The molecule has 0 N–H and O–H groups in total. The van der Waals surface area contributed by atoms with Crippen LogP contribution in [0.4, 0.5) is 5.82 Å². The smallest absolute Gasteiger partial charge is 0.233 e. The van der Waals surface area contributed by atoms with E-state index in [1.54, 1.807) is 16.4 Å². The number of imide groups is 1. The van der Waals surface area contributed by atoms with Crippen LogP contribution in [0.15, 0.2) is 24.3 Å². The monoisotopic (exact) mass is 452 g/mol. The topological polar surface area (TPSA) is 56.8 Å². The van der Waals surface area contributed by atoms with E-state index < -0.39 is 0 Å². The Hall–Kier alpha value is -1.99. The molecular weight excluding hydrogens is 420 g/mol. The average molecular weight is 453 g/mol. The minimum absolute atomic E-state index is 0.0184. The quantitative estimate of drug-likeness (QED) is 0.495. The van der Waals surface area contributed by atoms with Gasteiger partial charge in [0.15, 0.2) is 0 Å². The molecule has 6 nitrogen and oxygen atoms in total. The zero-order valence-corrected chi connectivity index (χ0v) is 19.4. The van der Waals surface area contributed by atoms with E-state index in [-0.39, 0.29) is 23.7 Å². The van der Waals surface area contributed by atoms with Gasteiger partial charge in [-0.25, -0.2) is 0 Å². The highest BCUT2D eigenvalue weighted by molar-refractivity contribution is 7.13. The zero-order valence-electron chi connectivity index (χ0n) is 18.6. The van der Waals surface area contributed by atoms with Crippen LogP contribution in [0.2, 0.25) is 0 Å². The first-order valence-corrected chi connectivity index (χ1v) is 13.1. The second-order valence-corrected chi connectivity index (χ2v) is 10.9. The van der Waals surface area contributed by atoms with Crippen molar-refractivity contribution < 1.29 is 9.59 Å². The highest BCUT2D eigenvalue weighted by atomic mass is 32.1. The summed E-state index contributed by atoms with van der Waals surface area (Å²) in [6, 6.07) is 8.47. The molecule has 2 aromatic rings. The number of carbonyl (C=O) groups is 2. The van der Waals surface area contributed by atoms with E-state index >= 15 is 0 Å². The summed E-state index contributed by atoms with van der Waals surface area (Å²) in [6.07, 6.45) is 6.58. The van der Waals surface area contributed by atoms with E-state index in [4.69, 9.17) is 4.37 Å².